The molecule has 2 aromatic carbocycles. The van der Waals surface area contributed by atoms with Crippen molar-refractivity contribution in [3.63, 3.8) is 0 Å². The molecule has 0 spiro atoms. The maximum Gasteiger partial charge on any atom is 0.251 e. The number of rotatable bonds is 3. The SMILES string of the molecule is Cc1ccc(C(=O)NC2CC(=O)N(c3ccccc3)C2)cc1C. The van der Waals surface area contributed by atoms with E-state index in [2.05, 4.69) is 5.32 Å². The first-order chi connectivity index (χ1) is 11.0. The van der Waals surface area contributed by atoms with E-state index in [1.807, 2.05) is 62.4 Å². The number of anilines is 1. The highest BCUT2D eigenvalue weighted by atomic mass is 16.2. The molecule has 0 bridgehead atoms. The van der Waals surface area contributed by atoms with Crippen molar-refractivity contribution in [2.24, 2.45) is 0 Å². The highest BCUT2D eigenvalue weighted by Crippen LogP contribution is 2.21. The molecule has 0 radical (unpaired) electrons. The Morgan fingerprint density at radius 1 is 1.09 bits per heavy atom. The number of para-hydroxylation sites is 1. The molecule has 0 saturated carbocycles. The average Bonchev–Trinajstić information content (AvgIpc) is 2.91. The van der Waals surface area contributed by atoms with E-state index in [0.717, 1.165) is 16.8 Å². The van der Waals surface area contributed by atoms with Crippen molar-refractivity contribution in [2.75, 3.05) is 11.4 Å². The second kappa shape index (κ2) is 6.24. The van der Waals surface area contributed by atoms with E-state index in [9.17, 15) is 9.59 Å². The third-order valence-corrected chi connectivity index (χ3v) is 4.30. The summed E-state index contributed by atoms with van der Waals surface area (Å²) in [6, 6.07) is 15.0. The molecule has 1 saturated heterocycles. The van der Waals surface area contributed by atoms with Crippen LogP contribution in [0.2, 0.25) is 0 Å². The van der Waals surface area contributed by atoms with Gasteiger partial charge in [0.15, 0.2) is 0 Å². The Kier molecular flexibility index (Phi) is 4.15. The molecule has 1 heterocycles. The van der Waals surface area contributed by atoms with Gasteiger partial charge >= 0.3 is 0 Å². The molecular weight excluding hydrogens is 288 g/mol. The summed E-state index contributed by atoms with van der Waals surface area (Å²) in [7, 11) is 0. The number of amides is 2. The molecule has 118 valence electrons. The van der Waals surface area contributed by atoms with Gasteiger partial charge in [-0.3, -0.25) is 9.59 Å². The smallest absolute Gasteiger partial charge is 0.251 e. The zero-order chi connectivity index (χ0) is 16.4. The van der Waals surface area contributed by atoms with Crippen molar-refractivity contribution in [1.82, 2.24) is 5.32 Å². The Hall–Kier alpha value is -2.62. The van der Waals surface area contributed by atoms with Gasteiger partial charge in [-0.15, -0.1) is 0 Å². The van der Waals surface area contributed by atoms with Crippen LogP contribution in [0.5, 0.6) is 0 Å². The molecule has 3 rings (SSSR count). The Bertz CT molecular complexity index is 740. The lowest BCUT2D eigenvalue weighted by molar-refractivity contribution is -0.117. The third kappa shape index (κ3) is 3.26. The van der Waals surface area contributed by atoms with Crippen LogP contribution in [-0.4, -0.2) is 24.4 Å². The van der Waals surface area contributed by atoms with Gasteiger partial charge in [-0.1, -0.05) is 24.3 Å². The Morgan fingerprint density at radius 2 is 1.83 bits per heavy atom. The number of nitrogens with zero attached hydrogens (tertiary/aromatic N) is 1. The molecule has 0 aliphatic carbocycles. The Morgan fingerprint density at radius 3 is 2.52 bits per heavy atom. The summed E-state index contributed by atoms with van der Waals surface area (Å²) in [6.07, 6.45) is 0.339. The van der Waals surface area contributed by atoms with E-state index in [-0.39, 0.29) is 17.9 Å². The van der Waals surface area contributed by atoms with Crippen LogP contribution in [0.4, 0.5) is 5.69 Å². The van der Waals surface area contributed by atoms with E-state index in [1.165, 1.54) is 0 Å². The number of nitrogens with one attached hydrogen (secondary N) is 1. The van der Waals surface area contributed by atoms with Crippen LogP contribution in [0, 0.1) is 13.8 Å². The molecule has 4 heteroatoms. The van der Waals surface area contributed by atoms with Gasteiger partial charge < -0.3 is 10.2 Å². The van der Waals surface area contributed by atoms with E-state index < -0.39 is 0 Å². The molecule has 2 amide bonds. The fourth-order valence-electron chi connectivity index (χ4n) is 2.81. The summed E-state index contributed by atoms with van der Waals surface area (Å²) in [6.45, 7) is 4.52. The predicted molar refractivity (Wildman–Crippen MR) is 90.6 cm³/mol. The summed E-state index contributed by atoms with van der Waals surface area (Å²) >= 11 is 0. The van der Waals surface area contributed by atoms with E-state index in [0.29, 0.717) is 18.5 Å². The van der Waals surface area contributed by atoms with Crippen molar-refractivity contribution in [1.29, 1.82) is 0 Å². The van der Waals surface area contributed by atoms with Crippen molar-refractivity contribution in [2.45, 2.75) is 26.3 Å². The molecule has 4 nitrogen and oxygen atoms in total. The normalized spacial score (nSPS) is 17.4. The second-order valence-corrected chi connectivity index (χ2v) is 6.01. The molecule has 2 aromatic rings. The van der Waals surface area contributed by atoms with Crippen molar-refractivity contribution in [3.05, 3.63) is 65.2 Å². The van der Waals surface area contributed by atoms with Gasteiger partial charge in [-0.2, -0.15) is 0 Å². The summed E-state index contributed by atoms with van der Waals surface area (Å²) in [5.41, 5.74) is 3.76. The lowest BCUT2D eigenvalue weighted by atomic mass is 10.1. The maximum absolute atomic E-state index is 12.4. The molecule has 1 atom stereocenters. The number of carbonyl (C=O) groups is 2. The Balaban J connectivity index is 1.68. The summed E-state index contributed by atoms with van der Waals surface area (Å²) < 4.78 is 0. The fourth-order valence-corrected chi connectivity index (χ4v) is 2.81. The maximum atomic E-state index is 12.4. The first-order valence-corrected chi connectivity index (χ1v) is 7.78. The van der Waals surface area contributed by atoms with Crippen molar-refractivity contribution < 1.29 is 9.59 Å². The van der Waals surface area contributed by atoms with Gasteiger partial charge in [0.1, 0.15) is 0 Å². The lowest BCUT2D eigenvalue weighted by Gasteiger charge is -2.17. The van der Waals surface area contributed by atoms with E-state index in [1.54, 1.807) is 4.90 Å². The summed E-state index contributed by atoms with van der Waals surface area (Å²) in [4.78, 5) is 26.3. The van der Waals surface area contributed by atoms with Crippen LogP contribution < -0.4 is 10.2 Å². The molecule has 1 aliphatic rings. The van der Waals surface area contributed by atoms with Gasteiger partial charge in [0, 0.05) is 24.2 Å². The molecular formula is C19H20N2O2. The minimum absolute atomic E-state index is 0.0431. The van der Waals surface area contributed by atoms with Crippen LogP contribution in [0.25, 0.3) is 0 Å². The van der Waals surface area contributed by atoms with Gasteiger partial charge in [-0.25, -0.2) is 0 Å². The van der Waals surface area contributed by atoms with Gasteiger partial charge in [0.05, 0.1) is 6.04 Å². The molecule has 1 fully saturated rings. The van der Waals surface area contributed by atoms with Crippen molar-refractivity contribution in [3.8, 4) is 0 Å². The quantitative estimate of drug-likeness (QED) is 0.948. The lowest BCUT2D eigenvalue weighted by Crippen LogP contribution is -2.37. The van der Waals surface area contributed by atoms with E-state index in [4.69, 9.17) is 0 Å². The number of benzene rings is 2. The number of hydrogen-bond acceptors (Lipinski definition) is 2. The first-order valence-electron chi connectivity index (χ1n) is 7.78. The van der Waals surface area contributed by atoms with Crippen LogP contribution >= 0.6 is 0 Å². The Labute approximate surface area is 136 Å². The van der Waals surface area contributed by atoms with E-state index >= 15 is 0 Å². The van der Waals surface area contributed by atoms with Crippen LogP contribution in [0.1, 0.15) is 27.9 Å². The largest absolute Gasteiger partial charge is 0.347 e. The minimum Gasteiger partial charge on any atom is -0.347 e. The highest BCUT2D eigenvalue weighted by molar-refractivity contribution is 5.99. The zero-order valence-electron chi connectivity index (χ0n) is 13.4. The standard InChI is InChI=1S/C19H20N2O2/c1-13-8-9-15(10-14(13)2)19(23)20-16-11-18(22)21(12-16)17-6-4-3-5-7-17/h3-10,16H,11-12H2,1-2H3,(H,20,23). The van der Waals surface area contributed by atoms with Gasteiger partial charge in [-0.05, 0) is 49.2 Å². The fraction of sp³-hybridized carbons (Fsp3) is 0.263. The monoisotopic (exact) mass is 308 g/mol. The van der Waals surface area contributed by atoms with Gasteiger partial charge in [0.2, 0.25) is 5.91 Å². The predicted octanol–water partition coefficient (Wildman–Crippen LogP) is 2.84. The van der Waals surface area contributed by atoms with Gasteiger partial charge in [0.25, 0.3) is 5.91 Å². The van der Waals surface area contributed by atoms with Crippen LogP contribution in [-0.2, 0) is 4.79 Å². The minimum atomic E-state index is -0.156. The molecule has 0 aromatic heterocycles. The van der Waals surface area contributed by atoms with Crippen LogP contribution in [0.15, 0.2) is 48.5 Å². The second-order valence-electron chi connectivity index (χ2n) is 6.01. The topological polar surface area (TPSA) is 49.4 Å². The first kappa shape index (κ1) is 15.3. The van der Waals surface area contributed by atoms with Crippen LogP contribution in [0.3, 0.4) is 0 Å². The average molecular weight is 308 g/mol. The summed E-state index contributed by atoms with van der Waals surface area (Å²) in [5, 5.41) is 2.97. The summed E-state index contributed by atoms with van der Waals surface area (Å²) in [5.74, 6) is -0.0811. The third-order valence-electron chi connectivity index (χ3n) is 4.30. The van der Waals surface area contributed by atoms with Crippen molar-refractivity contribution >= 4 is 17.5 Å². The zero-order valence-corrected chi connectivity index (χ0v) is 13.4. The molecule has 23 heavy (non-hydrogen) atoms. The number of hydrogen-bond donors (Lipinski definition) is 1. The number of aryl methyl sites for hydroxylation is 2. The molecule has 1 N–H and O–H groups in total. The molecule has 1 aliphatic heterocycles. The molecule has 1 unspecified atom stereocenters. The highest BCUT2D eigenvalue weighted by Gasteiger charge is 2.31. The number of carbonyl (C=O) groups excluding carboxylic acids is 2.